The maximum Gasteiger partial charge on any atom is 0.132 e. The summed E-state index contributed by atoms with van der Waals surface area (Å²) in [7, 11) is 0. The van der Waals surface area contributed by atoms with Gasteiger partial charge in [-0.05, 0) is 38.8 Å². The molecule has 2 saturated heterocycles. The summed E-state index contributed by atoms with van der Waals surface area (Å²) in [5, 5.41) is 4.89. The SMILES string of the molecule is Nc1snnc1CN1CCC(N2CCCCC2)CC1. The molecule has 0 aromatic carbocycles. The van der Waals surface area contributed by atoms with Crippen LogP contribution in [0.5, 0.6) is 0 Å². The fourth-order valence-corrected chi connectivity index (χ4v) is 3.70. The van der Waals surface area contributed by atoms with Crippen LogP contribution in [0.3, 0.4) is 0 Å². The van der Waals surface area contributed by atoms with Gasteiger partial charge in [-0.25, -0.2) is 0 Å². The van der Waals surface area contributed by atoms with Crippen molar-refractivity contribution in [1.29, 1.82) is 0 Å². The molecule has 0 atom stereocenters. The van der Waals surface area contributed by atoms with Crippen LogP contribution >= 0.6 is 11.5 Å². The molecule has 2 fully saturated rings. The van der Waals surface area contributed by atoms with E-state index in [4.69, 9.17) is 5.73 Å². The van der Waals surface area contributed by atoms with Gasteiger partial charge in [-0.2, -0.15) is 0 Å². The van der Waals surface area contributed by atoms with Crippen molar-refractivity contribution in [3.8, 4) is 0 Å². The van der Waals surface area contributed by atoms with E-state index in [2.05, 4.69) is 19.4 Å². The van der Waals surface area contributed by atoms with Gasteiger partial charge in [0, 0.05) is 37.2 Å². The van der Waals surface area contributed by atoms with E-state index in [0.29, 0.717) is 0 Å². The molecule has 19 heavy (non-hydrogen) atoms. The highest BCUT2D eigenvalue weighted by Crippen LogP contribution is 2.23. The minimum absolute atomic E-state index is 0.776. The second-order valence-corrected chi connectivity index (χ2v) is 6.47. The zero-order valence-electron chi connectivity index (χ0n) is 11.4. The standard InChI is InChI=1S/C13H23N5S/c14-13-12(15-16-19-13)10-17-8-4-11(5-9-17)18-6-2-1-3-7-18/h11H,1-10,14H2. The number of nitrogens with two attached hydrogens (primary N) is 1. The number of piperidine rings is 2. The normalized spacial score (nSPS) is 23.8. The van der Waals surface area contributed by atoms with Gasteiger partial charge in [-0.3, -0.25) is 4.90 Å². The first kappa shape index (κ1) is 13.3. The monoisotopic (exact) mass is 281 g/mol. The van der Waals surface area contributed by atoms with Crippen LogP contribution in [0.1, 0.15) is 37.8 Å². The van der Waals surface area contributed by atoms with Gasteiger partial charge in [-0.15, -0.1) is 5.10 Å². The van der Waals surface area contributed by atoms with Crippen molar-refractivity contribution in [2.75, 3.05) is 31.9 Å². The number of nitrogens with zero attached hydrogens (tertiary/aromatic N) is 4. The van der Waals surface area contributed by atoms with Crippen LogP contribution in [0, 0.1) is 0 Å². The van der Waals surface area contributed by atoms with Gasteiger partial charge in [0.05, 0.1) is 0 Å². The van der Waals surface area contributed by atoms with Gasteiger partial charge in [0.15, 0.2) is 0 Å². The molecule has 6 heteroatoms. The zero-order valence-corrected chi connectivity index (χ0v) is 12.2. The molecular weight excluding hydrogens is 258 g/mol. The molecule has 0 saturated carbocycles. The molecule has 0 aliphatic carbocycles. The van der Waals surface area contributed by atoms with E-state index in [1.807, 2.05) is 0 Å². The minimum Gasteiger partial charge on any atom is -0.388 e. The summed E-state index contributed by atoms with van der Waals surface area (Å²) in [6.07, 6.45) is 6.78. The smallest absolute Gasteiger partial charge is 0.132 e. The molecule has 5 nitrogen and oxygen atoms in total. The molecule has 0 unspecified atom stereocenters. The van der Waals surface area contributed by atoms with Crippen molar-refractivity contribution in [3.05, 3.63) is 5.69 Å². The fraction of sp³-hybridized carbons (Fsp3) is 0.846. The van der Waals surface area contributed by atoms with Crippen LogP contribution in [0.4, 0.5) is 5.00 Å². The van der Waals surface area contributed by atoms with E-state index in [0.717, 1.165) is 36.4 Å². The zero-order chi connectivity index (χ0) is 13.1. The molecule has 2 aliphatic rings. The first-order valence-electron chi connectivity index (χ1n) is 7.36. The molecule has 3 rings (SSSR count). The summed E-state index contributed by atoms with van der Waals surface area (Å²) in [5.74, 6) is 0. The van der Waals surface area contributed by atoms with Gasteiger partial charge < -0.3 is 10.6 Å². The predicted molar refractivity (Wildman–Crippen MR) is 78.0 cm³/mol. The number of hydrogen-bond donors (Lipinski definition) is 1. The van der Waals surface area contributed by atoms with Crippen LogP contribution in [0.25, 0.3) is 0 Å². The van der Waals surface area contributed by atoms with E-state index >= 15 is 0 Å². The Morgan fingerprint density at radius 1 is 1.11 bits per heavy atom. The van der Waals surface area contributed by atoms with Crippen molar-refractivity contribution in [2.24, 2.45) is 0 Å². The van der Waals surface area contributed by atoms with Gasteiger partial charge >= 0.3 is 0 Å². The molecule has 0 spiro atoms. The Kier molecular flexibility index (Phi) is 4.30. The predicted octanol–water partition coefficient (Wildman–Crippen LogP) is 1.57. The van der Waals surface area contributed by atoms with E-state index < -0.39 is 0 Å². The Bertz CT molecular complexity index is 393. The number of nitrogen functional groups attached to an aromatic ring is 1. The molecule has 0 radical (unpaired) electrons. The van der Waals surface area contributed by atoms with Crippen molar-refractivity contribution in [2.45, 2.75) is 44.7 Å². The Morgan fingerprint density at radius 2 is 1.84 bits per heavy atom. The molecule has 0 amide bonds. The fourth-order valence-electron chi connectivity index (χ4n) is 3.26. The van der Waals surface area contributed by atoms with E-state index in [9.17, 15) is 0 Å². The van der Waals surface area contributed by atoms with Crippen LogP contribution in [0.2, 0.25) is 0 Å². The van der Waals surface area contributed by atoms with Gasteiger partial charge in [-0.1, -0.05) is 10.9 Å². The summed E-state index contributed by atoms with van der Waals surface area (Å²) < 4.78 is 3.91. The Labute approximate surface area is 118 Å². The lowest BCUT2D eigenvalue weighted by molar-refractivity contribution is 0.0892. The highest BCUT2D eigenvalue weighted by molar-refractivity contribution is 7.09. The van der Waals surface area contributed by atoms with Crippen molar-refractivity contribution < 1.29 is 0 Å². The Morgan fingerprint density at radius 3 is 2.47 bits per heavy atom. The summed E-state index contributed by atoms with van der Waals surface area (Å²) in [6.45, 7) is 5.83. The van der Waals surface area contributed by atoms with Crippen molar-refractivity contribution in [3.63, 3.8) is 0 Å². The third-order valence-corrected chi connectivity index (χ3v) is 5.02. The average Bonchev–Trinajstić information content (AvgIpc) is 2.86. The molecule has 0 bridgehead atoms. The highest BCUT2D eigenvalue weighted by atomic mass is 32.1. The summed E-state index contributed by atoms with van der Waals surface area (Å²) >= 11 is 1.30. The third-order valence-electron chi connectivity index (χ3n) is 4.42. The number of aromatic nitrogens is 2. The molecule has 2 aliphatic heterocycles. The van der Waals surface area contributed by atoms with E-state index in [-0.39, 0.29) is 0 Å². The van der Waals surface area contributed by atoms with E-state index in [1.54, 1.807) is 0 Å². The number of likely N-dealkylation sites (tertiary alicyclic amines) is 2. The van der Waals surface area contributed by atoms with Crippen LogP contribution in [-0.4, -0.2) is 51.6 Å². The molecular formula is C13H23N5S. The second kappa shape index (κ2) is 6.15. The third kappa shape index (κ3) is 3.24. The quantitative estimate of drug-likeness (QED) is 0.911. The Balaban J connectivity index is 1.48. The number of hydrogen-bond acceptors (Lipinski definition) is 6. The summed E-state index contributed by atoms with van der Waals surface area (Å²) in [4.78, 5) is 5.17. The maximum atomic E-state index is 5.86. The average molecular weight is 281 g/mol. The molecule has 106 valence electrons. The largest absolute Gasteiger partial charge is 0.388 e. The lowest BCUT2D eigenvalue weighted by Gasteiger charge is -2.40. The minimum atomic E-state index is 0.776. The second-order valence-electron chi connectivity index (χ2n) is 5.69. The Hall–Kier alpha value is -0.720. The molecule has 1 aromatic heterocycles. The van der Waals surface area contributed by atoms with Gasteiger partial charge in [0.2, 0.25) is 0 Å². The van der Waals surface area contributed by atoms with Crippen molar-refractivity contribution >= 4 is 16.5 Å². The summed E-state index contributed by atoms with van der Waals surface area (Å²) in [5.41, 5.74) is 6.82. The lowest BCUT2D eigenvalue weighted by Crippen LogP contribution is -2.46. The van der Waals surface area contributed by atoms with Crippen molar-refractivity contribution in [1.82, 2.24) is 19.4 Å². The topological polar surface area (TPSA) is 58.3 Å². The number of anilines is 1. The maximum absolute atomic E-state index is 5.86. The summed E-state index contributed by atoms with van der Waals surface area (Å²) in [6, 6.07) is 0.808. The highest BCUT2D eigenvalue weighted by Gasteiger charge is 2.26. The lowest BCUT2D eigenvalue weighted by atomic mass is 10.00. The first-order chi connectivity index (χ1) is 9.33. The van der Waals surface area contributed by atoms with Crippen LogP contribution < -0.4 is 5.73 Å². The molecule has 2 N–H and O–H groups in total. The van der Waals surface area contributed by atoms with Gasteiger partial charge in [0.1, 0.15) is 10.7 Å². The molecule has 1 aromatic rings. The first-order valence-corrected chi connectivity index (χ1v) is 8.13. The number of rotatable bonds is 3. The van der Waals surface area contributed by atoms with Gasteiger partial charge in [0.25, 0.3) is 0 Å². The molecule has 3 heterocycles. The van der Waals surface area contributed by atoms with Crippen LogP contribution in [-0.2, 0) is 6.54 Å². The van der Waals surface area contributed by atoms with E-state index in [1.165, 1.54) is 56.7 Å². The van der Waals surface area contributed by atoms with Crippen LogP contribution in [0.15, 0.2) is 0 Å².